The van der Waals surface area contributed by atoms with Crippen LogP contribution in [0, 0.1) is 0 Å². The number of benzene rings is 3. The minimum absolute atomic E-state index is 0.0574. The Kier molecular flexibility index (Phi) is 9.83. The Morgan fingerprint density at radius 2 is 1.59 bits per heavy atom. The number of fused-ring (bicyclic) bond motifs is 1. The fourth-order valence-electron chi connectivity index (χ4n) is 7.20. The summed E-state index contributed by atoms with van der Waals surface area (Å²) in [7, 11) is 0. The fourth-order valence-corrected chi connectivity index (χ4v) is 7.20. The Morgan fingerprint density at radius 3 is 2.27 bits per heavy atom. The minimum Gasteiger partial charge on any atom is -0.388 e. The van der Waals surface area contributed by atoms with Crippen LogP contribution < -0.4 is 16.0 Å². The Labute approximate surface area is 286 Å². The summed E-state index contributed by atoms with van der Waals surface area (Å²) >= 11 is 0. The van der Waals surface area contributed by atoms with E-state index in [0.29, 0.717) is 42.3 Å². The van der Waals surface area contributed by atoms with Crippen molar-refractivity contribution in [3.8, 4) is 0 Å². The van der Waals surface area contributed by atoms with Gasteiger partial charge >= 0.3 is 0 Å². The molecule has 11 heteroatoms. The molecule has 2 aliphatic rings. The zero-order valence-corrected chi connectivity index (χ0v) is 27.7. The molecular formula is C38H44N8O3. The maximum Gasteiger partial charge on any atom is 0.227 e. The van der Waals surface area contributed by atoms with Crippen LogP contribution >= 0.6 is 0 Å². The van der Waals surface area contributed by atoms with Crippen LogP contribution in [0.25, 0.3) is 11.2 Å². The van der Waals surface area contributed by atoms with E-state index in [1.165, 1.54) is 16.7 Å². The number of nitrogens with one attached hydrogen (secondary N) is 3. The number of hydrogen-bond donors (Lipinski definition) is 5. The van der Waals surface area contributed by atoms with E-state index in [0.717, 1.165) is 26.1 Å². The van der Waals surface area contributed by atoms with E-state index in [9.17, 15) is 15.0 Å². The van der Waals surface area contributed by atoms with Gasteiger partial charge in [-0.25, -0.2) is 4.98 Å². The van der Waals surface area contributed by atoms with Gasteiger partial charge in [-0.05, 0) is 29.5 Å². The zero-order chi connectivity index (χ0) is 33.7. The number of carbonyl (C=O) groups excluding carboxylic acids is 1. The Morgan fingerprint density at radius 1 is 0.918 bits per heavy atom. The molecule has 1 aliphatic carbocycles. The van der Waals surface area contributed by atoms with Gasteiger partial charge in [-0.15, -0.1) is 0 Å². The quantitative estimate of drug-likeness (QED) is 0.132. The van der Waals surface area contributed by atoms with E-state index in [1.807, 2.05) is 22.8 Å². The molecule has 5 aromatic rings. The van der Waals surface area contributed by atoms with Crippen molar-refractivity contribution < 1.29 is 15.0 Å². The van der Waals surface area contributed by atoms with Gasteiger partial charge in [0.15, 0.2) is 17.0 Å². The van der Waals surface area contributed by atoms with Crippen molar-refractivity contribution in [1.29, 1.82) is 0 Å². The largest absolute Gasteiger partial charge is 0.388 e. The molecule has 11 nitrogen and oxygen atoms in total. The number of carbonyl (C=O) groups is 1. The first kappa shape index (κ1) is 32.7. The average molecular weight is 661 g/mol. The summed E-state index contributed by atoms with van der Waals surface area (Å²) in [6.45, 7) is 5.03. The van der Waals surface area contributed by atoms with Crippen LogP contribution in [-0.4, -0.2) is 84.5 Å². The summed E-state index contributed by atoms with van der Waals surface area (Å²) in [6.07, 6.45) is 1.03. The van der Waals surface area contributed by atoms with Crippen molar-refractivity contribution in [2.45, 2.75) is 69.0 Å². The molecule has 5 N–H and O–H groups in total. The van der Waals surface area contributed by atoms with E-state index in [2.05, 4.69) is 93.6 Å². The van der Waals surface area contributed by atoms with E-state index in [4.69, 9.17) is 15.0 Å². The number of likely N-dealkylation sites (tertiary alicyclic amines) is 1. The molecule has 1 amide bonds. The first-order chi connectivity index (χ1) is 24.0. The third-order valence-electron chi connectivity index (χ3n) is 9.83. The van der Waals surface area contributed by atoms with Crippen LogP contribution in [0.1, 0.15) is 54.8 Å². The molecule has 5 atom stereocenters. The maximum absolute atomic E-state index is 12.2. The summed E-state index contributed by atoms with van der Waals surface area (Å²) in [5, 5.41) is 32.1. The van der Waals surface area contributed by atoms with Crippen LogP contribution in [0.15, 0.2) is 97.3 Å². The van der Waals surface area contributed by atoms with Gasteiger partial charge in [0.2, 0.25) is 11.9 Å². The number of imidazole rings is 1. The van der Waals surface area contributed by atoms with E-state index >= 15 is 0 Å². The Bertz CT molecular complexity index is 1800. The monoisotopic (exact) mass is 660 g/mol. The SMILES string of the molecule is CCC(=O)N[C@H]1C[C@@H](n2cnc3c(NCC(c4ccccc4)c4ccccc4)nc(N[C@@H]4CCN(Cc5ccccc5)C4)nc32)[C@H](O)[C@@H]1O. The number of anilines is 2. The van der Waals surface area contributed by atoms with E-state index in [-0.39, 0.29) is 17.9 Å². The summed E-state index contributed by atoms with van der Waals surface area (Å²) in [5.41, 5.74) is 4.78. The van der Waals surface area contributed by atoms with Gasteiger partial charge in [0.05, 0.1) is 18.4 Å². The van der Waals surface area contributed by atoms with Crippen molar-refractivity contribution in [2.24, 2.45) is 0 Å². The topological polar surface area (TPSA) is 140 Å². The van der Waals surface area contributed by atoms with Crippen molar-refractivity contribution >= 4 is 28.8 Å². The summed E-state index contributed by atoms with van der Waals surface area (Å²) < 4.78 is 1.82. The van der Waals surface area contributed by atoms with Crippen molar-refractivity contribution in [3.63, 3.8) is 0 Å². The smallest absolute Gasteiger partial charge is 0.227 e. The van der Waals surface area contributed by atoms with Crippen LogP contribution in [0.5, 0.6) is 0 Å². The molecule has 49 heavy (non-hydrogen) atoms. The molecule has 0 unspecified atom stereocenters. The highest BCUT2D eigenvalue weighted by atomic mass is 16.3. The van der Waals surface area contributed by atoms with Gasteiger partial charge in [0, 0.05) is 44.6 Å². The standard InChI is InChI=1S/C38H44N8O3/c1-2-32(47)42-30-20-31(35(49)34(30)48)46-24-40-33-36(39-21-29(26-14-8-4-9-15-26)27-16-10-5-11-17-27)43-38(44-37(33)46)41-28-18-19-45(23-28)22-25-12-6-3-7-13-25/h3-17,24,28-31,34-35,48-49H,2,18-23H2,1H3,(H,42,47)(H2,39,41,43,44)/t28-,30+,31-,34-,35+/m1/s1. The number of aliphatic hydroxyl groups is 2. The van der Waals surface area contributed by atoms with E-state index < -0.39 is 24.3 Å². The summed E-state index contributed by atoms with van der Waals surface area (Å²) in [6, 6.07) is 30.3. The molecule has 7 rings (SSSR count). The van der Waals surface area contributed by atoms with E-state index in [1.54, 1.807) is 13.3 Å². The van der Waals surface area contributed by atoms with Gasteiger partial charge < -0.3 is 30.7 Å². The first-order valence-electron chi connectivity index (χ1n) is 17.2. The second-order valence-electron chi connectivity index (χ2n) is 13.1. The third kappa shape index (κ3) is 7.29. The lowest BCUT2D eigenvalue weighted by Crippen LogP contribution is -2.42. The molecule has 0 radical (unpaired) electrons. The normalized spacial score (nSPS) is 22.5. The lowest BCUT2D eigenvalue weighted by molar-refractivity contribution is -0.122. The Balaban J connectivity index is 1.19. The van der Waals surface area contributed by atoms with Crippen LogP contribution in [-0.2, 0) is 11.3 Å². The van der Waals surface area contributed by atoms with Gasteiger partial charge in [-0.2, -0.15) is 9.97 Å². The summed E-state index contributed by atoms with van der Waals surface area (Å²) in [4.78, 5) is 29.3. The molecule has 1 saturated carbocycles. The van der Waals surface area contributed by atoms with Gasteiger partial charge in [0.1, 0.15) is 12.2 Å². The van der Waals surface area contributed by atoms with Crippen molar-refractivity contribution in [1.82, 2.24) is 29.7 Å². The second-order valence-corrected chi connectivity index (χ2v) is 13.1. The van der Waals surface area contributed by atoms with Crippen LogP contribution in [0.3, 0.4) is 0 Å². The molecule has 1 saturated heterocycles. The van der Waals surface area contributed by atoms with Gasteiger partial charge in [-0.3, -0.25) is 9.69 Å². The molecule has 2 aromatic heterocycles. The number of aliphatic hydroxyl groups excluding tert-OH is 2. The predicted octanol–water partition coefficient (Wildman–Crippen LogP) is 4.32. The van der Waals surface area contributed by atoms with Crippen LogP contribution in [0.2, 0.25) is 0 Å². The number of nitrogens with zero attached hydrogens (tertiary/aromatic N) is 5. The highest BCUT2D eigenvalue weighted by Crippen LogP contribution is 2.35. The molecule has 3 aromatic carbocycles. The fraction of sp³-hybridized carbons (Fsp3) is 0.368. The molecule has 1 aliphatic heterocycles. The lowest BCUT2D eigenvalue weighted by atomic mass is 9.91. The van der Waals surface area contributed by atoms with Crippen LogP contribution in [0.4, 0.5) is 11.8 Å². The molecule has 3 heterocycles. The molecular weight excluding hydrogens is 616 g/mol. The van der Waals surface area contributed by atoms with Gasteiger partial charge in [0.25, 0.3) is 0 Å². The van der Waals surface area contributed by atoms with Crippen molar-refractivity contribution in [3.05, 3.63) is 114 Å². The molecule has 0 bridgehead atoms. The maximum atomic E-state index is 12.2. The zero-order valence-electron chi connectivity index (χ0n) is 27.7. The summed E-state index contributed by atoms with van der Waals surface area (Å²) in [5.74, 6) is 0.952. The van der Waals surface area contributed by atoms with Crippen molar-refractivity contribution in [2.75, 3.05) is 30.3 Å². The van der Waals surface area contributed by atoms with Gasteiger partial charge in [-0.1, -0.05) is 97.9 Å². The molecule has 254 valence electrons. The average Bonchev–Trinajstić information content (AvgIpc) is 3.84. The predicted molar refractivity (Wildman–Crippen MR) is 190 cm³/mol. The first-order valence-corrected chi connectivity index (χ1v) is 17.2. The number of aromatic nitrogens is 4. The molecule has 0 spiro atoms. The highest BCUT2D eigenvalue weighted by molar-refractivity contribution is 5.84. The Hall–Kier alpha value is -4.84. The lowest BCUT2D eigenvalue weighted by Gasteiger charge is -2.21. The highest BCUT2D eigenvalue weighted by Gasteiger charge is 2.43. The number of hydrogen-bond acceptors (Lipinski definition) is 9. The third-order valence-corrected chi connectivity index (χ3v) is 9.83. The number of amides is 1. The number of rotatable bonds is 12. The second kappa shape index (κ2) is 14.7. The molecule has 2 fully saturated rings. The minimum atomic E-state index is -1.11.